The van der Waals surface area contributed by atoms with Crippen LogP contribution in [0.2, 0.25) is 0 Å². The Balaban J connectivity index is 1.32. The van der Waals surface area contributed by atoms with Crippen LogP contribution in [0.1, 0.15) is 28.9 Å². The van der Waals surface area contributed by atoms with Gasteiger partial charge < -0.3 is 4.90 Å². The first-order valence-corrected chi connectivity index (χ1v) is 10.8. The molecule has 4 rings (SSSR count). The summed E-state index contributed by atoms with van der Waals surface area (Å²) in [4.78, 5) is 19.2. The molecule has 25 heavy (non-hydrogen) atoms. The van der Waals surface area contributed by atoms with E-state index in [2.05, 4.69) is 19.1 Å². The molecule has 5 nitrogen and oxygen atoms in total. The van der Waals surface area contributed by atoms with E-state index >= 15 is 0 Å². The van der Waals surface area contributed by atoms with Gasteiger partial charge in [-0.2, -0.15) is 8.75 Å². The summed E-state index contributed by atoms with van der Waals surface area (Å²) < 4.78 is 9.57. The molecule has 0 spiro atoms. The van der Waals surface area contributed by atoms with Crippen molar-refractivity contribution in [2.45, 2.75) is 24.1 Å². The second-order valence-electron chi connectivity index (χ2n) is 6.27. The molecule has 0 N–H and O–H groups in total. The van der Waals surface area contributed by atoms with Crippen molar-refractivity contribution in [3.8, 4) is 0 Å². The van der Waals surface area contributed by atoms with E-state index in [-0.39, 0.29) is 5.91 Å². The SMILES string of the molecule is Cc1csc(SCC2CCN(C(=O)c3ccc4nsnc4c3)CC2)n1. The Bertz CT molecular complexity index is 883. The number of piperidine rings is 1. The molecule has 1 aliphatic rings. The van der Waals surface area contributed by atoms with Gasteiger partial charge in [0.2, 0.25) is 0 Å². The summed E-state index contributed by atoms with van der Waals surface area (Å²) in [6.45, 7) is 3.69. The minimum atomic E-state index is 0.108. The van der Waals surface area contributed by atoms with Gasteiger partial charge in [-0.05, 0) is 43.9 Å². The van der Waals surface area contributed by atoms with Crippen molar-refractivity contribution in [2.75, 3.05) is 18.8 Å². The summed E-state index contributed by atoms with van der Waals surface area (Å²) in [5.74, 6) is 1.85. The molecule has 2 aromatic heterocycles. The first kappa shape index (κ1) is 16.9. The Morgan fingerprint density at radius 2 is 2.08 bits per heavy atom. The number of aryl methyl sites for hydroxylation is 1. The topological polar surface area (TPSA) is 59.0 Å². The molecular formula is C17H18N4OS3. The van der Waals surface area contributed by atoms with Gasteiger partial charge in [0, 0.05) is 35.5 Å². The highest BCUT2D eigenvalue weighted by Crippen LogP contribution is 2.29. The van der Waals surface area contributed by atoms with E-state index in [1.54, 1.807) is 11.3 Å². The molecule has 0 bridgehead atoms. The number of amides is 1. The lowest BCUT2D eigenvalue weighted by atomic mass is 9.98. The lowest BCUT2D eigenvalue weighted by molar-refractivity contribution is 0.0699. The standard InChI is InChI=1S/C17H18N4OS3/c1-11-9-23-17(18-11)24-10-12-4-6-21(7-5-12)16(22)13-2-3-14-15(8-13)20-25-19-14/h2-3,8-9,12H,4-7,10H2,1H3. The molecule has 0 unspecified atom stereocenters. The molecule has 0 radical (unpaired) electrons. The Labute approximate surface area is 158 Å². The largest absolute Gasteiger partial charge is 0.339 e. The third-order valence-corrected chi connectivity index (χ3v) is 7.37. The van der Waals surface area contributed by atoms with Crippen molar-refractivity contribution < 1.29 is 4.79 Å². The van der Waals surface area contributed by atoms with Gasteiger partial charge in [-0.25, -0.2) is 4.98 Å². The second kappa shape index (κ2) is 7.39. The molecule has 3 heterocycles. The minimum Gasteiger partial charge on any atom is -0.339 e. The number of thioether (sulfide) groups is 1. The summed E-state index contributed by atoms with van der Waals surface area (Å²) >= 11 is 4.75. The molecule has 1 saturated heterocycles. The van der Waals surface area contributed by atoms with Gasteiger partial charge in [0.05, 0.1) is 11.7 Å². The molecule has 0 aliphatic carbocycles. The van der Waals surface area contributed by atoms with Crippen LogP contribution in [0.4, 0.5) is 0 Å². The van der Waals surface area contributed by atoms with Crippen LogP contribution in [0, 0.1) is 12.8 Å². The number of benzene rings is 1. The number of hydrogen-bond acceptors (Lipinski definition) is 7. The summed E-state index contributed by atoms with van der Waals surface area (Å²) in [5, 5.41) is 2.10. The van der Waals surface area contributed by atoms with Crippen molar-refractivity contribution in [3.63, 3.8) is 0 Å². The molecule has 130 valence electrons. The van der Waals surface area contributed by atoms with E-state index in [0.29, 0.717) is 11.5 Å². The highest BCUT2D eigenvalue weighted by Gasteiger charge is 2.24. The summed E-state index contributed by atoms with van der Waals surface area (Å²) in [6.07, 6.45) is 2.12. The number of carbonyl (C=O) groups is 1. The zero-order chi connectivity index (χ0) is 17.2. The number of likely N-dealkylation sites (tertiary alicyclic amines) is 1. The predicted molar refractivity (Wildman–Crippen MR) is 104 cm³/mol. The van der Waals surface area contributed by atoms with Crippen molar-refractivity contribution in [3.05, 3.63) is 34.8 Å². The van der Waals surface area contributed by atoms with Crippen molar-refractivity contribution >= 4 is 51.8 Å². The van der Waals surface area contributed by atoms with Crippen molar-refractivity contribution in [2.24, 2.45) is 5.92 Å². The maximum atomic E-state index is 12.7. The number of rotatable bonds is 4. The molecule has 1 aliphatic heterocycles. The maximum Gasteiger partial charge on any atom is 0.253 e. The van der Waals surface area contributed by atoms with Crippen LogP contribution in [0.25, 0.3) is 11.0 Å². The lowest BCUT2D eigenvalue weighted by Gasteiger charge is -2.31. The van der Waals surface area contributed by atoms with Gasteiger partial charge in [0.25, 0.3) is 5.91 Å². The fourth-order valence-electron chi connectivity index (χ4n) is 2.99. The van der Waals surface area contributed by atoms with E-state index in [1.807, 2.05) is 41.8 Å². The van der Waals surface area contributed by atoms with Crippen LogP contribution in [0.3, 0.4) is 0 Å². The monoisotopic (exact) mass is 390 g/mol. The second-order valence-corrected chi connectivity index (χ2v) is 8.92. The highest BCUT2D eigenvalue weighted by atomic mass is 32.2. The van der Waals surface area contributed by atoms with Crippen molar-refractivity contribution in [1.82, 2.24) is 18.6 Å². The Hall–Kier alpha value is -1.51. The number of carbonyl (C=O) groups excluding carboxylic acids is 1. The van der Waals surface area contributed by atoms with Crippen LogP contribution in [-0.2, 0) is 0 Å². The number of nitrogens with zero attached hydrogens (tertiary/aromatic N) is 4. The normalized spacial score (nSPS) is 15.8. The third-order valence-electron chi connectivity index (χ3n) is 4.44. The van der Waals surface area contributed by atoms with E-state index in [9.17, 15) is 4.79 Å². The van der Waals surface area contributed by atoms with Crippen LogP contribution in [0.15, 0.2) is 27.9 Å². The quantitative estimate of drug-likeness (QED) is 0.628. The first-order chi connectivity index (χ1) is 12.2. The molecule has 3 aromatic rings. The van der Waals surface area contributed by atoms with Crippen LogP contribution in [0.5, 0.6) is 0 Å². The predicted octanol–water partition coefficient (Wildman–Crippen LogP) is 4.10. The van der Waals surface area contributed by atoms with Crippen LogP contribution in [-0.4, -0.2) is 43.4 Å². The summed E-state index contributed by atoms with van der Waals surface area (Å²) in [7, 11) is 0. The fourth-order valence-corrected chi connectivity index (χ4v) is 5.57. The fraction of sp³-hybridized carbons (Fsp3) is 0.412. The Morgan fingerprint density at radius 3 is 2.84 bits per heavy atom. The van der Waals surface area contributed by atoms with Gasteiger partial charge >= 0.3 is 0 Å². The number of hydrogen-bond donors (Lipinski definition) is 0. The summed E-state index contributed by atoms with van der Waals surface area (Å²) in [5.41, 5.74) is 3.47. The van der Waals surface area contributed by atoms with E-state index < -0.39 is 0 Å². The summed E-state index contributed by atoms with van der Waals surface area (Å²) in [6, 6.07) is 5.60. The van der Waals surface area contributed by atoms with Gasteiger partial charge in [-0.15, -0.1) is 11.3 Å². The van der Waals surface area contributed by atoms with Crippen LogP contribution < -0.4 is 0 Å². The molecule has 1 aromatic carbocycles. The first-order valence-electron chi connectivity index (χ1n) is 8.25. The third kappa shape index (κ3) is 3.86. The van der Waals surface area contributed by atoms with Gasteiger partial charge in [-0.1, -0.05) is 11.8 Å². The number of thiazole rings is 1. The zero-order valence-corrected chi connectivity index (χ0v) is 16.3. The van der Waals surface area contributed by atoms with Gasteiger partial charge in [0.15, 0.2) is 0 Å². The molecule has 1 amide bonds. The Kier molecular flexibility index (Phi) is 5.00. The lowest BCUT2D eigenvalue weighted by Crippen LogP contribution is -2.39. The van der Waals surface area contributed by atoms with Crippen LogP contribution >= 0.6 is 34.8 Å². The maximum absolute atomic E-state index is 12.7. The molecule has 0 saturated carbocycles. The highest BCUT2D eigenvalue weighted by molar-refractivity contribution is 8.01. The van der Waals surface area contributed by atoms with Crippen molar-refractivity contribution in [1.29, 1.82) is 0 Å². The van der Waals surface area contributed by atoms with Gasteiger partial charge in [-0.3, -0.25) is 4.79 Å². The average Bonchev–Trinajstić information content (AvgIpc) is 3.27. The minimum absolute atomic E-state index is 0.108. The van der Waals surface area contributed by atoms with E-state index in [4.69, 9.17) is 0 Å². The average molecular weight is 391 g/mol. The number of aromatic nitrogens is 3. The molecular weight excluding hydrogens is 372 g/mol. The number of fused-ring (bicyclic) bond motifs is 1. The van der Waals surface area contributed by atoms with E-state index in [0.717, 1.165) is 52.8 Å². The molecule has 8 heteroatoms. The zero-order valence-electron chi connectivity index (χ0n) is 13.8. The van der Waals surface area contributed by atoms with Gasteiger partial charge in [0.1, 0.15) is 15.4 Å². The molecule has 1 fully saturated rings. The Morgan fingerprint density at radius 1 is 1.28 bits per heavy atom. The smallest absolute Gasteiger partial charge is 0.253 e. The molecule has 0 atom stereocenters. The van der Waals surface area contributed by atoms with E-state index in [1.165, 1.54) is 11.7 Å².